The molecule has 3 nitrogen and oxygen atoms in total. The number of benzene rings is 2. The molecule has 1 N–H and O–H groups in total. The first kappa shape index (κ1) is 18.4. The van der Waals surface area contributed by atoms with Crippen molar-refractivity contribution in [3.8, 4) is 0 Å². The van der Waals surface area contributed by atoms with E-state index in [9.17, 15) is 9.18 Å². The van der Waals surface area contributed by atoms with Crippen LogP contribution in [0.5, 0.6) is 0 Å². The number of hydrogen-bond donors (Lipinski definition) is 1. The fourth-order valence-corrected chi connectivity index (χ4v) is 5.10. The molecule has 0 bridgehead atoms. The summed E-state index contributed by atoms with van der Waals surface area (Å²) in [6, 6.07) is 14.8. The Bertz CT molecular complexity index is 953. The maximum absolute atomic E-state index is 13.5. The van der Waals surface area contributed by atoms with Gasteiger partial charge in [0.25, 0.3) is 5.91 Å². The van der Waals surface area contributed by atoms with Gasteiger partial charge in [-0.25, -0.2) is 4.39 Å². The molecule has 6 heteroatoms. The fraction of sp³-hybridized carbons (Fsp3) is 0.286. The molecule has 1 aliphatic rings. The Kier molecular flexibility index (Phi) is 5.43. The number of halogens is 2. The molecule has 1 saturated heterocycles. The molecule has 0 radical (unpaired) electrons. The topological polar surface area (TPSA) is 32.3 Å². The van der Waals surface area contributed by atoms with E-state index in [1.165, 1.54) is 41.9 Å². The molecule has 0 aliphatic carbocycles. The number of carbonyl (C=O) groups is 1. The first-order valence-corrected chi connectivity index (χ1v) is 10.3. The highest BCUT2D eigenvalue weighted by atomic mass is 35.5. The molecule has 1 aromatic heterocycles. The second kappa shape index (κ2) is 7.97. The first-order chi connectivity index (χ1) is 13.1. The number of rotatable bonds is 5. The number of thiophene rings is 1. The van der Waals surface area contributed by atoms with Crippen LogP contribution in [0.25, 0.3) is 10.1 Å². The summed E-state index contributed by atoms with van der Waals surface area (Å²) in [5.41, 5.74) is 1.20. The summed E-state index contributed by atoms with van der Waals surface area (Å²) < 4.78 is 14.1. The zero-order valence-corrected chi connectivity index (χ0v) is 16.3. The normalized spacial score (nSPS) is 15.9. The molecule has 0 spiro atoms. The lowest BCUT2D eigenvalue weighted by Crippen LogP contribution is -2.36. The minimum Gasteiger partial charge on any atom is -0.349 e. The summed E-state index contributed by atoms with van der Waals surface area (Å²) in [6.45, 7) is 2.60. The van der Waals surface area contributed by atoms with Crippen molar-refractivity contribution in [2.45, 2.75) is 18.9 Å². The summed E-state index contributed by atoms with van der Waals surface area (Å²) in [7, 11) is 0. The van der Waals surface area contributed by atoms with E-state index >= 15 is 0 Å². The number of fused-ring (bicyclic) bond motifs is 1. The fourth-order valence-electron chi connectivity index (χ4n) is 3.64. The molecule has 2 heterocycles. The summed E-state index contributed by atoms with van der Waals surface area (Å²) >= 11 is 7.61. The van der Waals surface area contributed by atoms with Crippen LogP contribution in [0.1, 0.15) is 34.1 Å². The van der Waals surface area contributed by atoms with Crippen LogP contribution >= 0.6 is 22.9 Å². The van der Waals surface area contributed by atoms with E-state index in [2.05, 4.69) is 22.3 Å². The Morgan fingerprint density at radius 2 is 1.93 bits per heavy atom. The van der Waals surface area contributed by atoms with E-state index < -0.39 is 0 Å². The highest BCUT2D eigenvalue weighted by Crippen LogP contribution is 2.35. The van der Waals surface area contributed by atoms with Crippen molar-refractivity contribution in [2.75, 3.05) is 19.6 Å². The van der Waals surface area contributed by atoms with Crippen LogP contribution in [0.2, 0.25) is 5.02 Å². The predicted molar refractivity (Wildman–Crippen MR) is 109 cm³/mol. The number of amides is 1. The van der Waals surface area contributed by atoms with Gasteiger partial charge in [0.1, 0.15) is 10.7 Å². The van der Waals surface area contributed by atoms with Crippen molar-refractivity contribution in [1.29, 1.82) is 0 Å². The van der Waals surface area contributed by atoms with Crippen LogP contribution in [0, 0.1) is 5.82 Å². The molecule has 1 amide bonds. The van der Waals surface area contributed by atoms with E-state index in [0.29, 0.717) is 26.5 Å². The molecular weight excluding hydrogens is 383 g/mol. The number of carbonyl (C=O) groups excluding carboxylic acids is 1. The Morgan fingerprint density at radius 1 is 1.19 bits per heavy atom. The Hall–Kier alpha value is -1.95. The summed E-state index contributed by atoms with van der Waals surface area (Å²) in [5.74, 6) is -0.535. The van der Waals surface area contributed by atoms with Gasteiger partial charge in [-0.15, -0.1) is 11.3 Å². The van der Waals surface area contributed by atoms with Gasteiger partial charge < -0.3 is 5.32 Å². The average Bonchev–Trinajstić information content (AvgIpc) is 3.31. The highest BCUT2D eigenvalue weighted by Gasteiger charge is 2.25. The van der Waals surface area contributed by atoms with Crippen molar-refractivity contribution in [3.63, 3.8) is 0 Å². The zero-order valence-electron chi connectivity index (χ0n) is 14.8. The maximum Gasteiger partial charge on any atom is 0.262 e. The van der Waals surface area contributed by atoms with Crippen molar-refractivity contribution in [3.05, 3.63) is 69.8 Å². The van der Waals surface area contributed by atoms with Gasteiger partial charge in [-0.1, -0.05) is 41.9 Å². The number of likely N-dealkylation sites (tertiary alicyclic amines) is 1. The van der Waals surface area contributed by atoms with E-state index in [1.54, 1.807) is 6.07 Å². The minimum absolute atomic E-state index is 0.142. The van der Waals surface area contributed by atoms with Crippen molar-refractivity contribution < 1.29 is 9.18 Å². The van der Waals surface area contributed by atoms with Gasteiger partial charge >= 0.3 is 0 Å². The van der Waals surface area contributed by atoms with Gasteiger partial charge in [0.2, 0.25) is 0 Å². The van der Waals surface area contributed by atoms with E-state index in [1.807, 2.05) is 18.2 Å². The highest BCUT2D eigenvalue weighted by molar-refractivity contribution is 7.21. The number of nitrogens with one attached hydrogen (secondary N) is 1. The average molecular weight is 403 g/mol. The third kappa shape index (κ3) is 3.86. The van der Waals surface area contributed by atoms with Gasteiger partial charge in [-0.05, 0) is 49.7 Å². The number of nitrogens with zero attached hydrogens (tertiary/aromatic N) is 1. The van der Waals surface area contributed by atoms with Gasteiger partial charge in [0.05, 0.1) is 11.1 Å². The van der Waals surface area contributed by atoms with Crippen LogP contribution in [-0.4, -0.2) is 30.4 Å². The molecule has 1 aliphatic heterocycles. The SMILES string of the molecule is O=C(NC[C@@H](c1ccccc1)N1CCCC1)c1sc2cc(F)ccc2c1Cl. The summed E-state index contributed by atoms with van der Waals surface area (Å²) in [5, 5.41) is 4.15. The van der Waals surface area contributed by atoms with Crippen molar-refractivity contribution >= 4 is 38.9 Å². The van der Waals surface area contributed by atoms with Crippen LogP contribution in [0.4, 0.5) is 4.39 Å². The van der Waals surface area contributed by atoms with Crippen molar-refractivity contribution in [2.24, 2.45) is 0 Å². The van der Waals surface area contributed by atoms with Gasteiger partial charge in [-0.2, -0.15) is 0 Å². The minimum atomic E-state index is -0.328. The van der Waals surface area contributed by atoms with E-state index in [-0.39, 0.29) is 17.8 Å². The molecule has 140 valence electrons. The third-order valence-electron chi connectivity index (χ3n) is 5.02. The smallest absolute Gasteiger partial charge is 0.262 e. The quantitative estimate of drug-likeness (QED) is 0.631. The Balaban J connectivity index is 1.54. The van der Waals surface area contributed by atoms with Crippen LogP contribution < -0.4 is 5.32 Å². The molecular formula is C21H20ClFN2OS. The van der Waals surface area contributed by atoms with Crippen molar-refractivity contribution in [1.82, 2.24) is 10.2 Å². The first-order valence-electron chi connectivity index (χ1n) is 9.08. The van der Waals surface area contributed by atoms with E-state index in [4.69, 9.17) is 11.6 Å². The molecule has 0 saturated carbocycles. The molecule has 3 aromatic rings. The lowest BCUT2D eigenvalue weighted by Gasteiger charge is -2.28. The zero-order chi connectivity index (χ0) is 18.8. The molecule has 2 aromatic carbocycles. The molecule has 4 rings (SSSR count). The van der Waals surface area contributed by atoms with Gasteiger partial charge in [0.15, 0.2) is 0 Å². The standard InChI is InChI=1S/C21H20ClFN2OS/c22-19-16-9-8-15(23)12-18(16)27-20(19)21(26)24-13-17(25-10-4-5-11-25)14-6-2-1-3-7-14/h1-3,6-9,12,17H,4-5,10-11,13H2,(H,24,26)/t17-/m0/s1. The molecule has 1 atom stereocenters. The van der Waals surface area contributed by atoms with E-state index in [0.717, 1.165) is 13.1 Å². The van der Waals surface area contributed by atoms with Crippen LogP contribution in [0.15, 0.2) is 48.5 Å². The second-order valence-corrected chi connectivity index (χ2v) is 8.20. The van der Waals surface area contributed by atoms with Crippen LogP contribution in [-0.2, 0) is 0 Å². The summed E-state index contributed by atoms with van der Waals surface area (Å²) in [6.07, 6.45) is 2.37. The lowest BCUT2D eigenvalue weighted by molar-refractivity contribution is 0.0942. The largest absolute Gasteiger partial charge is 0.349 e. The molecule has 27 heavy (non-hydrogen) atoms. The Labute approximate surface area is 166 Å². The molecule has 0 unspecified atom stereocenters. The van der Waals surface area contributed by atoms with Gasteiger partial charge in [0, 0.05) is 16.6 Å². The number of hydrogen-bond acceptors (Lipinski definition) is 3. The lowest BCUT2D eigenvalue weighted by atomic mass is 10.1. The third-order valence-corrected chi connectivity index (χ3v) is 6.68. The Morgan fingerprint density at radius 3 is 2.67 bits per heavy atom. The second-order valence-electron chi connectivity index (χ2n) is 6.77. The maximum atomic E-state index is 13.5. The molecule has 1 fully saturated rings. The van der Waals surface area contributed by atoms with Gasteiger partial charge in [-0.3, -0.25) is 9.69 Å². The van der Waals surface area contributed by atoms with Crippen LogP contribution in [0.3, 0.4) is 0 Å². The predicted octanol–water partition coefficient (Wildman–Crippen LogP) is 5.26. The monoisotopic (exact) mass is 402 g/mol. The summed E-state index contributed by atoms with van der Waals surface area (Å²) in [4.78, 5) is 15.6.